The van der Waals surface area contributed by atoms with Crippen LogP contribution in [0.5, 0.6) is 0 Å². The van der Waals surface area contributed by atoms with Gasteiger partial charge in [0.25, 0.3) is 5.69 Å². The van der Waals surface area contributed by atoms with Crippen molar-refractivity contribution in [1.29, 1.82) is 0 Å². The second-order valence-electron chi connectivity index (χ2n) is 5.20. The fourth-order valence-electron chi connectivity index (χ4n) is 2.51. The molecule has 21 heavy (non-hydrogen) atoms. The minimum absolute atomic E-state index is 0.0595. The van der Waals surface area contributed by atoms with Gasteiger partial charge in [-0.05, 0) is 31.6 Å². The third kappa shape index (κ3) is 4.07. The molecule has 1 aliphatic heterocycles. The van der Waals surface area contributed by atoms with E-state index < -0.39 is 4.92 Å². The van der Waals surface area contributed by atoms with Crippen LogP contribution in [0.25, 0.3) is 0 Å². The topological polar surface area (TPSA) is 77.3 Å². The molecule has 0 aromatic carbocycles. The molecule has 1 saturated heterocycles. The number of ether oxygens (including phenoxy) is 1. The Labute approximate surface area is 128 Å². The molecule has 0 atom stereocenters. The number of thioether (sulfide) groups is 1. The van der Waals surface area contributed by atoms with Crippen LogP contribution < -0.4 is 5.32 Å². The molecule has 0 aliphatic carbocycles. The van der Waals surface area contributed by atoms with Crippen LogP contribution >= 0.6 is 11.8 Å². The number of hydrogen-bond donors (Lipinski definition) is 1. The lowest BCUT2D eigenvalue weighted by Crippen LogP contribution is -2.40. The van der Waals surface area contributed by atoms with Crippen LogP contribution in [-0.4, -0.2) is 40.2 Å². The number of rotatable bonds is 6. The molecule has 1 aromatic heterocycles. The van der Waals surface area contributed by atoms with E-state index in [-0.39, 0.29) is 10.4 Å². The van der Waals surface area contributed by atoms with Crippen molar-refractivity contribution >= 4 is 23.3 Å². The van der Waals surface area contributed by atoms with Gasteiger partial charge in [-0.3, -0.25) is 10.1 Å². The number of nitro groups is 1. The SMILES string of the molecule is CCSC1(CNc2cc(C)c([N+](=O)[O-])cn2)CCOCC1. The number of nitrogens with zero attached hydrogens (tertiary/aromatic N) is 2. The van der Waals surface area contributed by atoms with Gasteiger partial charge >= 0.3 is 0 Å². The van der Waals surface area contributed by atoms with E-state index >= 15 is 0 Å². The summed E-state index contributed by atoms with van der Waals surface area (Å²) < 4.78 is 5.62. The smallest absolute Gasteiger partial charge is 0.290 e. The number of pyridine rings is 1. The number of nitrogens with one attached hydrogen (secondary N) is 1. The molecule has 2 rings (SSSR count). The second-order valence-corrected chi connectivity index (χ2v) is 6.93. The molecule has 1 aromatic rings. The molecule has 1 N–H and O–H groups in total. The van der Waals surface area contributed by atoms with Gasteiger partial charge < -0.3 is 10.1 Å². The standard InChI is InChI=1S/C14H21N3O3S/c1-3-21-14(4-6-20-7-5-14)10-16-13-8-11(2)12(9-15-13)17(18)19/h8-9H,3-7,10H2,1-2H3,(H,15,16). The van der Waals surface area contributed by atoms with Crippen LogP contribution in [-0.2, 0) is 4.74 Å². The van der Waals surface area contributed by atoms with Crippen LogP contribution in [0.3, 0.4) is 0 Å². The van der Waals surface area contributed by atoms with Gasteiger partial charge in [0.05, 0.1) is 4.92 Å². The molecule has 0 saturated carbocycles. The Morgan fingerprint density at radius 2 is 2.24 bits per heavy atom. The molecule has 1 aliphatic rings. The molecule has 6 nitrogen and oxygen atoms in total. The summed E-state index contributed by atoms with van der Waals surface area (Å²) >= 11 is 1.95. The molecule has 0 bridgehead atoms. The molecule has 0 radical (unpaired) electrons. The summed E-state index contributed by atoms with van der Waals surface area (Å²) in [4.78, 5) is 14.5. The fraction of sp³-hybridized carbons (Fsp3) is 0.643. The predicted molar refractivity (Wildman–Crippen MR) is 85.0 cm³/mol. The number of aromatic nitrogens is 1. The number of hydrogen-bond acceptors (Lipinski definition) is 6. The minimum Gasteiger partial charge on any atom is -0.381 e. The molecule has 2 heterocycles. The molecule has 1 fully saturated rings. The zero-order valence-corrected chi connectivity index (χ0v) is 13.2. The van der Waals surface area contributed by atoms with Crippen molar-refractivity contribution in [2.24, 2.45) is 0 Å². The summed E-state index contributed by atoms with van der Waals surface area (Å²) in [7, 11) is 0. The van der Waals surface area contributed by atoms with E-state index in [0.717, 1.165) is 38.4 Å². The monoisotopic (exact) mass is 311 g/mol. The van der Waals surface area contributed by atoms with Gasteiger partial charge in [-0.2, -0.15) is 11.8 Å². The van der Waals surface area contributed by atoms with Crippen molar-refractivity contribution in [2.75, 3.05) is 30.8 Å². The Hall–Kier alpha value is -1.34. The highest BCUT2D eigenvalue weighted by molar-refractivity contribution is 8.00. The maximum Gasteiger partial charge on any atom is 0.290 e. The van der Waals surface area contributed by atoms with E-state index in [0.29, 0.717) is 11.4 Å². The summed E-state index contributed by atoms with van der Waals surface area (Å²) in [6.45, 7) is 6.29. The highest BCUT2D eigenvalue weighted by Crippen LogP contribution is 2.35. The van der Waals surface area contributed by atoms with Crippen molar-refractivity contribution in [3.05, 3.63) is 27.9 Å². The normalized spacial score (nSPS) is 17.4. The third-order valence-corrected chi connectivity index (χ3v) is 5.18. The second kappa shape index (κ2) is 7.09. The maximum atomic E-state index is 10.8. The first-order valence-corrected chi connectivity index (χ1v) is 8.11. The zero-order chi connectivity index (χ0) is 15.3. The molecule has 116 valence electrons. The molecule has 0 spiro atoms. The van der Waals surface area contributed by atoms with Gasteiger partial charge in [-0.1, -0.05) is 6.92 Å². The Morgan fingerprint density at radius 1 is 1.52 bits per heavy atom. The first-order valence-electron chi connectivity index (χ1n) is 7.13. The van der Waals surface area contributed by atoms with Gasteiger partial charge in [0.15, 0.2) is 0 Å². The van der Waals surface area contributed by atoms with Crippen molar-refractivity contribution in [1.82, 2.24) is 4.98 Å². The van der Waals surface area contributed by atoms with Crippen LogP contribution in [0, 0.1) is 17.0 Å². The van der Waals surface area contributed by atoms with E-state index in [1.807, 2.05) is 11.8 Å². The maximum absolute atomic E-state index is 10.8. The van der Waals surface area contributed by atoms with Crippen LogP contribution in [0.4, 0.5) is 11.5 Å². The molecular weight excluding hydrogens is 290 g/mol. The van der Waals surface area contributed by atoms with Crippen molar-refractivity contribution in [3.8, 4) is 0 Å². The third-order valence-electron chi connectivity index (χ3n) is 3.73. The minimum atomic E-state index is -0.404. The average Bonchev–Trinajstić information content (AvgIpc) is 2.46. The van der Waals surface area contributed by atoms with Gasteiger partial charge in [0.2, 0.25) is 0 Å². The first-order chi connectivity index (χ1) is 10.1. The average molecular weight is 311 g/mol. The largest absolute Gasteiger partial charge is 0.381 e. The molecular formula is C14H21N3O3S. The van der Waals surface area contributed by atoms with Crippen molar-refractivity contribution in [2.45, 2.75) is 31.4 Å². The van der Waals surface area contributed by atoms with Gasteiger partial charge in [-0.25, -0.2) is 4.98 Å². The lowest BCUT2D eigenvalue weighted by molar-refractivity contribution is -0.385. The Bertz CT molecular complexity index is 499. The lowest BCUT2D eigenvalue weighted by atomic mass is 9.99. The molecule has 0 unspecified atom stereocenters. The van der Waals surface area contributed by atoms with Gasteiger partial charge in [0, 0.05) is 30.1 Å². The highest BCUT2D eigenvalue weighted by atomic mass is 32.2. The first kappa shape index (κ1) is 16.0. The molecule has 7 heteroatoms. The van der Waals surface area contributed by atoms with E-state index in [1.54, 1.807) is 13.0 Å². The summed E-state index contributed by atoms with van der Waals surface area (Å²) in [6.07, 6.45) is 3.36. The summed E-state index contributed by atoms with van der Waals surface area (Å²) in [5.41, 5.74) is 0.686. The number of anilines is 1. The highest BCUT2D eigenvalue weighted by Gasteiger charge is 2.32. The van der Waals surface area contributed by atoms with E-state index in [9.17, 15) is 10.1 Å². The number of aryl methyl sites for hydroxylation is 1. The summed E-state index contributed by atoms with van der Waals surface area (Å²) in [5, 5.41) is 14.1. The van der Waals surface area contributed by atoms with Gasteiger partial charge in [-0.15, -0.1) is 0 Å². The van der Waals surface area contributed by atoms with E-state index in [4.69, 9.17) is 4.74 Å². The van der Waals surface area contributed by atoms with Crippen LogP contribution in [0.15, 0.2) is 12.3 Å². The van der Waals surface area contributed by atoms with Crippen LogP contribution in [0.2, 0.25) is 0 Å². The zero-order valence-electron chi connectivity index (χ0n) is 12.4. The quantitative estimate of drug-likeness (QED) is 0.643. The lowest BCUT2D eigenvalue weighted by Gasteiger charge is -2.36. The Morgan fingerprint density at radius 3 is 2.81 bits per heavy atom. The molecule has 0 amide bonds. The Kier molecular flexibility index (Phi) is 5.41. The predicted octanol–water partition coefficient (Wildman–Crippen LogP) is 3.01. The summed E-state index contributed by atoms with van der Waals surface area (Å²) in [5.74, 6) is 1.76. The van der Waals surface area contributed by atoms with Crippen LogP contribution in [0.1, 0.15) is 25.3 Å². The summed E-state index contributed by atoms with van der Waals surface area (Å²) in [6, 6.07) is 1.74. The Balaban J connectivity index is 2.03. The fourth-order valence-corrected chi connectivity index (χ4v) is 3.75. The van der Waals surface area contributed by atoms with Gasteiger partial charge in [0.1, 0.15) is 12.0 Å². The van der Waals surface area contributed by atoms with E-state index in [1.165, 1.54) is 6.20 Å². The van der Waals surface area contributed by atoms with E-state index in [2.05, 4.69) is 17.2 Å². The van der Waals surface area contributed by atoms with Crippen molar-refractivity contribution in [3.63, 3.8) is 0 Å². The van der Waals surface area contributed by atoms with Crippen molar-refractivity contribution < 1.29 is 9.66 Å².